The molecule has 0 aliphatic rings. The Labute approximate surface area is 161 Å². The van der Waals surface area contributed by atoms with Crippen molar-refractivity contribution in [3.63, 3.8) is 0 Å². The highest BCUT2D eigenvalue weighted by atomic mass is 35.5. The van der Waals surface area contributed by atoms with Crippen molar-refractivity contribution in [1.29, 1.82) is 0 Å². The molecular weight excluding hydrogens is 366 g/mol. The summed E-state index contributed by atoms with van der Waals surface area (Å²) in [5, 5.41) is 12.0. The van der Waals surface area contributed by atoms with Gasteiger partial charge in [-0.3, -0.25) is 4.79 Å². The van der Waals surface area contributed by atoms with Crippen LogP contribution in [0.2, 0.25) is 5.02 Å². The Morgan fingerprint density at radius 1 is 0.889 bits per heavy atom. The third kappa shape index (κ3) is 4.46. The van der Waals surface area contributed by atoms with Crippen LogP contribution in [0.4, 0.5) is 5.69 Å². The Balaban J connectivity index is 1.83. The lowest BCUT2D eigenvalue weighted by Gasteiger charge is -2.14. The van der Waals surface area contributed by atoms with Gasteiger partial charge in [-0.15, -0.1) is 0 Å². The van der Waals surface area contributed by atoms with Crippen LogP contribution in [0, 0.1) is 0 Å². The van der Waals surface area contributed by atoms with Crippen molar-refractivity contribution in [1.82, 2.24) is 0 Å². The van der Waals surface area contributed by atoms with E-state index < -0.39 is 11.9 Å². The van der Waals surface area contributed by atoms with Gasteiger partial charge in [-0.1, -0.05) is 60.1 Å². The van der Waals surface area contributed by atoms with E-state index in [-0.39, 0.29) is 21.8 Å². The number of amides is 1. The third-order valence-electron chi connectivity index (χ3n) is 3.85. The summed E-state index contributed by atoms with van der Waals surface area (Å²) in [6.45, 7) is 0.303. The molecule has 0 saturated carbocycles. The summed E-state index contributed by atoms with van der Waals surface area (Å²) in [5.41, 5.74) is 1.21. The second-order valence-corrected chi connectivity index (χ2v) is 6.10. The number of hydrogen-bond acceptors (Lipinski definition) is 3. The first kappa shape index (κ1) is 18.5. The molecule has 5 nitrogen and oxygen atoms in total. The number of anilines is 1. The third-order valence-corrected chi connectivity index (χ3v) is 4.17. The minimum absolute atomic E-state index is 0.0505. The first-order valence-corrected chi connectivity index (χ1v) is 8.53. The molecule has 3 rings (SSSR count). The van der Waals surface area contributed by atoms with E-state index in [0.29, 0.717) is 12.4 Å². The largest absolute Gasteiger partial charge is 0.488 e. The lowest BCUT2D eigenvalue weighted by atomic mass is 10.1. The van der Waals surface area contributed by atoms with Crippen LogP contribution in [0.1, 0.15) is 26.3 Å². The lowest BCUT2D eigenvalue weighted by Crippen LogP contribution is -2.16. The fourth-order valence-corrected chi connectivity index (χ4v) is 2.75. The van der Waals surface area contributed by atoms with Gasteiger partial charge in [0.2, 0.25) is 0 Å². The van der Waals surface area contributed by atoms with Crippen LogP contribution < -0.4 is 10.1 Å². The molecule has 2 N–H and O–H groups in total. The molecule has 0 unspecified atom stereocenters. The van der Waals surface area contributed by atoms with E-state index in [1.807, 2.05) is 30.3 Å². The van der Waals surface area contributed by atoms with Crippen LogP contribution in [-0.2, 0) is 6.61 Å². The Morgan fingerprint density at radius 2 is 1.56 bits per heavy atom. The summed E-state index contributed by atoms with van der Waals surface area (Å²) in [5.74, 6) is -1.29. The number of carboxylic acids is 1. The van der Waals surface area contributed by atoms with Crippen LogP contribution in [0.25, 0.3) is 0 Å². The second kappa shape index (κ2) is 8.38. The zero-order valence-electron chi connectivity index (χ0n) is 14.2. The molecule has 0 aliphatic carbocycles. The van der Waals surface area contributed by atoms with E-state index in [1.165, 1.54) is 18.2 Å². The quantitative estimate of drug-likeness (QED) is 0.638. The summed E-state index contributed by atoms with van der Waals surface area (Å²) >= 11 is 6.08. The SMILES string of the molecule is O=C(Nc1c(Cl)cccc1C(=O)O)c1ccccc1OCc1ccccc1. The van der Waals surface area contributed by atoms with Gasteiger partial charge in [-0.25, -0.2) is 4.79 Å². The number of ether oxygens (including phenoxy) is 1. The predicted molar refractivity (Wildman–Crippen MR) is 104 cm³/mol. The number of benzene rings is 3. The fourth-order valence-electron chi connectivity index (χ4n) is 2.53. The van der Waals surface area contributed by atoms with Crippen LogP contribution in [-0.4, -0.2) is 17.0 Å². The number of para-hydroxylation sites is 2. The molecule has 136 valence electrons. The minimum Gasteiger partial charge on any atom is -0.488 e. The first-order valence-electron chi connectivity index (χ1n) is 8.15. The zero-order valence-corrected chi connectivity index (χ0v) is 14.9. The topological polar surface area (TPSA) is 75.6 Å². The normalized spacial score (nSPS) is 10.3. The molecule has 0 fully saturated rings. The molecule has 27 heavy (non-hydrogen) atoms. The predicted octanol–water partition coefficient (Wildman–Crippen LogP) is 4.87. The Morgan fingerprint density at radius 3 is 2.30 bits per heavy atom. The van der Waals surface area contributed by atoms with E-state index in [1.54, 1.807) is 24.3 Å². The number of carboxylic acid groups (broad SMARTS) is 1. The fraction of sp³-hybridized carbons (Fsp3) is 0.0476. The number of carbonyl (C=O) groups excluding carboxylic acids is 1. The van der Waals surface area contributed by atoms with Gasteiger partial charge < -0.3 is 15.2 Å². The average molecular weight is 382 g/mol. The maximum atomic E-state index is 12.7. The van der Waals surface area contributed by atoms with Gasteiger partial charge in [0.05, 0.1) is 21.8 Å². The van der Waals surface area contributed by atoms with Gasteiger partial charge in [-0.05, 0) is 29.8 Å². The molecule has 0 saturated heterocycles. The molecule has 3 aromatic rings. The molecule has 0 aliphatic heterocycles. The van der Waals surface area contributed by atoms with Gasteiger partial charge in [0.1, 0.15) is 12.4 Å². The highest BCUT2D eigenvalue weighted by Crippen LogP contribution is 2.28. The number of halogens is 1. The van der Waals surface area contributed by atoms with Crippen molar-refractivity contribution in [3.05, 3.63) is 94.5 Å². The number of rotatable bonds is 6. The van der Waals surface area contributed by atoms with Crippen molar-refractivity contribution in [2.75, 3.05) is 5.32 Å². The van der Waals surface area contributed by atoms with E-state index in [4.69, 9.17) is 16.3 Å². The van der Waals surface area contributed by atoms with Gasteiger partial charge in [0, 0.05) is 0 Å². The van der Waals surface area contributed by atoms with Crippen molar-refractivity contribution in [3.8, 4) is 5.75 Å². The van der Waals surface area contributed by atoms with Crippen LogP contribution in [0.3, 0.4) is 0 Å². The molecule has 0 heterocycles. The Hall–Kier alpha value is -3.31. The maximum absolute atomic E-state index is 12.7. The summed E-state index contributed by atoms with van der Waals surface area (Å²) in [4.78, 5) is 24.1. The highest BCUT2D eigenvalue weighted by molar-refractivity contribution is 6.35. The zero-order chi connectivity index (χ0) is 19.2. The second-order valence-electron chi connectivity index (χ2n) is 5.69. The number of hydrogen-bond donors (Lipinski definition) is 2. The first-order chi connectivity index (χ1) is 13.1. The van der Waals surface area contributed by atoms with Crippen molar-refractivity contribution in [2.45, 2.75) is 6.61 Å². The van der Waals surface area contributed by atoms with Gasteiger partial charge in [0.15, 0.2) is 0 Å². The van der Waals surface area contributed by atoms with Gasteiger partial charge in [-0.2, -0.15) is 0 Å². The molecule has 3 aromatic carbocycles. The van der Waals surface area contributed by atoms with Gasteiger partial charge in [0.25, 0.3) is 5.91 Å². The minimum atomic E-state index is -1.18. The molecule has 6 heteroatoms. The molecule has 0 spiro atoms. The average Bonchev–Trinajstić information content (AvgIpc) is 2.68. The summed E-state index contributed by atoms with van der Waals surface area (Å²) in [7, 11) is 0. The molecular formula is C21H16ClNO4. The van der Waals surface area contributed by atoms with E-state index in [9.17, 15) is 14.7 Å². The monoisotopic (exact) mass is 381 g/mol. The van der Waals surface area contributed by atoms with E-state index in [0.717, 1.165) is 5.56 Å². The molecule has 0 radical (unpaired) electrons. The Bertz CT molecular complexity index is 973. The lowest BCUT2D eigenvalue weighted by molar-refractivity contribution is 0.0698. The maximum Gasteiger partial charge on any atom is 0.337 e. The molecule has 0 atom stereocenters. The highest BCUT2D eigenvalue weighted by Gasteiger charge is 2.18. The number of nitrogens with one attached hydrogen (secondary N) is 1. The Kier molecular flexibility index (Phi) is 5.74. The van der Waals surface area contributed by atoms with E-state index in [2.05, 4.69) is 5.32 Å². The summed E-state index contributed by atoms with van der Waals surface area (Å²) in [6, 6.07) is 20.7. The van der Waals surface area contributed by atoms with Crippen molar-refractivity contribution >= 4 is 29.2 Å². The van der Waals surface area contributed by atoms with E-state index >= 15 is 0 Å². The van der Waals surface area contributed by atoms with Crippen LogP contribution >= 0.6 is 11.6 Å². The number of aromatic carboxylic acids is 1. The molecule has 0 aromatic heterocycles. The van der Waals surface area contributed by atoms with Crippen molar-refractivity contribution in [2.24, 2.45) is 0 Å². The molecule has 0 bridgehead atoms. The van der Waals surface area contributed by atoms with Gasteiger partial charge >= 0.3 is 5.97 Å². The van der Waals surface area contributed by atoms with Crippen LogP contribution in [0.5, 0.6) is 5.75 Å². The smallest absolute Gasteiger partial charge is 0.337 e. The summed E-state index contributed by atoms with van der Waals surface area (Å²) in [6.07, 6.45) is 0. The standard InChI is InChI=1S/C21H16ClNO4/c22-17-11-6-10-16(21(25)26)19(17)23-20(24)15-9-4-5-12-18(15)27-13-14-7-2-1-3-8-14/h1-12H,13H2,(H,23,24)(H,25,26). The van der Waals surface area contributed by atoms with Crippen LogP contribution in [0.15, 0.2) is 72.8 Å². The number of carbonyl (C=O) groups is 2. The van der Waals surface area contributed by atoms with Crippen molar-refractivity contribution < 1.29 is 19.4 Å². The summed E-state index contributed by atoms with van der Waals surface area (Å²) < 4.78 is 5.78. The molecule has 1 amide bonds.